The van der Waals surface area contributed by atoms with E-state index in [0.29, 0.717) is 6.10 Å². The molecule has 162 valence electrons. The smallest absolute Gasteiger partial charge is 0.191 e. The third kappa shape index (κ3) is 7.75. The Morgan fingerprint density at radius 3 is 2.93 bits per heavy atom. The molecule has 1 aliphatic heterocycles. The van der Waals surface area contributed by atoms with Crippen LogP contribution in [0.2, 0.25) is 0 Å². The maximum absolute atomic E-state index is 13.3. The zero-order valence-electron chi connectivity index (χ0n) is 17.0. The van der Waals surface area contributed by atoms with Crippen LogP contribution in [-0.2, 0) is 15.9 Å². The summed E-state index contributed by atoms with van der Waals surface area (Å²) in [5, 5.41) is 7.71. The molecule has 29 heavy (non-hydrogen) atoms. The van der Waals surface area contributed by atoms with Gasteiger partial charge in [-0.15, -0.1) is 24.0 Å². The molecule has 2 heterocycles. The summed E-state index contributed by atoms with van der Waals surface area (Å²) in [5.74, 6) is 0.598. The van der Waals surface area contributed by atoms with Gasteiger partial charge in [-0.25, -0.2) is 4.39 Å². The monoisotopic (exact) mass is 518 g/mol. The predicted octanol–water partition coefficient (Wildman–Crippen LogP) is 3.61. The molecule has 0 radical (unpaired) electrons. The number of aromatic amines is 1. The van der Waals surface area contributed by atoms with Gasteiger partial charge in [-0.3, -0.25) is 4.99 Å². The summed E-state index contributed by atoms with van der Waals surface area (Å²) in [6.45, 7) is 6.71. The number of hydrogen-bond donors (Lipinski definition) is 3. The molecule has 0 saturated carbocycles. The molecular formula is C21H32FIN4O2. The number of nitrogens with zero attached hydrogens (tertiary/aromatic N) is 1. The third-order valence-corrected chi connectivity index (χ3v) is 4.85. The van der Waals surface area contributed by atoms with Crippen LogP contribution < -0.4 is 10.6 Å². The van der Waals surface area contributed by atoms with Crippen molar-refractivity contribution in [3.8, 4) is 0 Å². The standard InChI is InChI=1S/C21H31FN4O2.HI/c1-2-23-21(24-9-3-11-28-18-7-12-27-13-8-18)25-10-6-16-15-26-20-14-17(22)4-5-19(16)20;/h4-5,14-15,18,26H,2-3,6-13H2,1H3,(H2,23,24,25);1H. The molecule has 0 atom stereocenters. The average Bonchev–Trinajstić information content (AvgIpc) is 3.10. The number of H-pyrrole nitrogens is 1. The fourth-order valence-corrected chi connectivity index (χ4v) is 3.37. The van der Waals surface area contributed by atoms with Crippen LogP contribution in [0.5, 0.6) is 0 Å². The van der Waals surface area contributed by atoms with Gasteiger partial charge >= 0.3 is 0 Å². The van der Waals surface area contributed by atoms with E-state index in [1.807, 2.05) is 12.3 Å². The highest BCUT2D eigenvalue weighted by atomic mass is 127. The van der Waals surface area contributed by atoms with Crippen molar-refractivity contribution in [1.82, 2.24) is 15.6 Å². The maximum atomic E-state index is 13.3. The lowest BCUT2D eigenvalue weighted by Crippen LogP contribution is -2.38. The summed E-state index contributed by atoms with van der Waals surface area (Å²) in [4.78, 5) is 7.75. The van der Waals surface area contributed by atoms with E-state index < -0.39 is 0 Å². The zero-order chi connectivity index (χ0) is 19.6. The van der Waals surface area contributed by atoms with Crippen LogP contribution in [0.1, 0.15) is 31.7 Å². The molecule has 0 amide bonds. The van der Waals surface area contributed by atoms with Crippen molar-refractivity contribution >= 4 is 40.8 Å². The summed E-state index contributed by atoms with van der Waals surface area (Å²) >= 11 is 0. The molecule has 0 aliphatic carbocycles. The van der Waals surface area contributed by atoms with Gasteiger partial charge in [0.15, 0.2) is 5.96 Å². The molecule has 3 rings (SSSR count). The molecule has 3 N–H and O–H groups in total. The number of fused-ring (bicyclic) bond motifs is 1. The van der Waals surface area contributed by atoms with E-state index in [1.54, 1.807) is 0 Å². The fourth-order valence-electron chi connectivity index (χ4n) is 3.37. The summed E-state index contributed by atoms with van der Waals surface area (Å²) in [6.07, 6.45) is 6.02. The van der Waals surface area contributed by atoms with Crippen molar-refractivity contribution in [3.05, 3.63) is 35.8 Å². The second-order valence-electron chi connectivity index (χ2n) is 6.98. The van der Waals surface area contributed by atoms with Gasteiger partial charge in [-0.05, 0) is 56.4 Å². The molecule has 1 aromatic heterocycles. The van der Waals surface area contributed by atoms with Gasteiger partial charge < -0.3 is 25.1 Å². The molecule has 8 heteroatoms. The number of guanidine groups is 1. The first-order chi connectivity index (χ1) is 13.8. The van der Waals surface area contributed by atoms with E-state index in [2.05, 4.69) is 27.5 Å². The Morgan fingerprint density at radius 2 is 2.14 bits per heavy atom. The first-order valence-corrected chi connectivity index (χ1v) is 10.2. The number of hydrogen-bond acceptors (Lipinski definition) is 3. The topological polar surface area (TPSA) is 70.7 Å². The first-order valence-electron chi connectivity index (χ1n) is 10.2. The molecule has 6 nitrogen and oxygen atoms in total. The average molecular weight is 518 g/mol. The summed E-state index contributed by atoms with van der Waals surface area (Å²) in [5.41, 5.74) is 2.00. The third-order valence-electron chi connectivity index (χ3n) is 4.85. The van der Waals surface area contributed by atoms with Crippen molar-refractivity contribution in [2.24, 2.45) is 4.99 Å². The number of rotatable bonds is 9. The number of benzene rings is 1. The minimum absolute atomic E-state index is 0. The van der Waals surface area contributed by atoms with E-state index >= 15 is 0 Å². The molecular weight excluding hydrogens is 486 g/mol. The summed E-state index contributed by atoms with van der Waals surface area (Å²) in [7, 11) is 0. The summed E-state index contributed by atoms with van der Waals surface area (Å²) < 4.78 is 24.5. The molecule has 1 aliphatic rings. The molecule has 1 fully saturated rings. The van der Waals surface area contributed by atoms with Crippen molar-refractivity contribution in [1.29, 1.82) is 0 Å². The fraction of sp³-hybridized carbons (Fsp3) is 0.571. The Kier molecular flexibility index (Phi) is 10.7. The Labute approximate surface area is 189 Å². The van der Waals surface area contributed by atoms with Crippen LogP contribution >= 0.6 is 24.0 Å². The Morgan fingerprint density at radius 1 is 1.31 bits per heavy atom. The van der Waals surface area contributed by atoms with Gasteiger partial charge in [-0.1, -0.05) is 0 Å². The van der Waals surface area contributed by atoms with Crippen LogP contribution in [0.4, 0.5) is 4.39 Å². The second-order valence-corrected chi connectivity index (χ2v) is 6.98. The SMILES string of the molecule is CCNC(=NCCCOC1CCOCC1)NCCc1c[nH]c2cc(F)ccc12.I. The lowest BCUT2D eigenvalue weighted by atomic mass is 10.1. The van der Waals surface area contributed by atoms with Crippen LogP contribution in [0.25, 0.3) is 10.9 Å². The molecule has 1 aromatic carbocycles. The lowest BCUT2D eigenvalue weighted by Gasteiger charge is -2.22. The number of aromatic nitrogens is 1. The number of nitrogens with one attached hydrogen (secondary N) is 3. The quantitative estimate of drug-likeness (QED) is 0.205. The number of ether oxygens (including phenoxy) is 2. The van der Waals surface area contributed by atoms with E-state index in [9.17, 15) is 4.39 Å². The molecule has 0 bridgehead atoms. The van der Waals surface area contributed by atoms with E-state index in [0.717, 1.165) is 82.0 Å². The minimum atomic E-state index is -0.221. The van der Waals surface area contributed by atoms with Gasteiger partial charge in [0.05, 0.1) is 6.10 Å². The molecule has 0 spiro atoms. The van der Waals surface area contributed by atoms with E-state index in [1.165, 1.54) is 17.7 Å². The van der Waals surface area contributed by atoms with Crippen molar-refractivity contribution in [3.63, 3.8) is 0 Å². The van der Waals surface area contributed by atoms with Gasteiger partial charge in [0.25, 0.3) is 0 Å². The second kappa shape index (κ2) is 13.0. The minimum Gasteiger partial charge on any atom is -0.381 e. The number of halogens is 2. The largest absolute Gasteiger partial charge is 0.381 e. The van der Waals surface area contributed by atoms with Gasteiger partial charge in [0.2, 0.25) is 0 Å². The zero-order valence-corrected chi connectivity index (χ0v) is 19.3. The Bertz CT molecular complexity index is 762. The maximum Gasteiger partial charge on any atom is 0.191 e. The van der Waals surface area contributed by atoms with Gasteiger partial charge in [-0.2, -0.15) is 0 Å². The highest BCUT2D eigenvalue weighted by Gasteiger charge is 2.13. The first kappa shape index (κ1) is 23.9. The number of aliphatic imine (C=N–C) groups is 1. The van der Waals surface area contributed by atoms with Gasteiger partial charge in [0, 0.05) is 56.6 Å². The van der Waals surface area contributed by atoms with Crippen LogP contribution in [0, 0.1) is 5.82 Å². The Balaban J connectivity index is 0.00000300. The molecule has 0 unspecified atom stereocenters. The van der Waals surface area contributed by atoms with Crippen LogP contribution in [-0.4, -0.2) is 56.5 Å². The normalized spacial score (nSPS) is 15.3. The van der Waals surface area contributed by atoms with Crippen molar-refractivity contribution in [2.45, 2.75) is 38.7 Å². The van der Waals surface area contributed by atoms with E-state index in [4.69, 9.17) is 9.47 Å². The summed E-state index contributed by atoms with van der Waals surface area (Å²) in [6, 6.07) is 4.86. The highest BCUT2D eigenvalue weighted by Crippen LogP contribution is 2.19. The lowest BCUT2D eigenvalue weighted by molar-refractivity contribution is -0.0318. The van der Waals surface area contributed by atoms with Crippen LogP contribution in [0.15, 0.2) is 29.4 Å². The predicted molar refractivity (Wildman–Crippen MR) is 126 cm³/mol. The van der Waals surface area contributed by atoms with E-state index in [-0.39, 0.29) is 29.8 Å². The van der Waals surface area contributed by atoms with Crippen LogP contribution in [0.3, 0.4) is 0 Å². The molecule has 1 saturated heterocycles. The van der Waals surface area contributed by atoms with Crippen molar-refractivity contribution in [2.75, 3.05) is 39.5 Å². The Hall–Kier alpha value is -1.39. The molecule has 2 aromatic rings. The van der Waals surface area contributed by atoms with Crippen molar-refractivity contribution < 1.29 is 13.9 Å². The van der Waals surface area contributed by atoms with Gasteiger partial charge in [0.1, 0.15) is 5.82 Å². The highest BCUT2D eigenvalue weighted by molar-refractivity contribution is 14.0.